The normalized spacial score (nSPS) is 18.4. The fourth-order valence-corrected chi connectivity index (χ4v) is 3.65. The Balaban J connectivity index is 1.84. The number of rotatable bonds is 5. The highest BCUT2D eigenvalue weighted by Crippen LogP contribution is 2.31. The molecule has 0 spiro atoms. The topological polar surface area (TPSA) is 12.0 Å². The molecule has 1 N–H and O–H groups in total. The first kappa shape index (κ1) is 12.9. The van der Waals surface area contributed by atoms with E-state index in [0.29, 0.717) is 6.04 Å². The first-order valence-corrected chi connectivity index (χ1v) is 8.13. The van der Waals surface area contributed by atoms with Crippen LogP contribution in [0.25, 0.3) is 0 Å². The molecule has 1 atom stereocenters. The molecule has 0 radical (unpaired) electrons. The second-order valence-corrected chi connectivity index (χ2v) is 6.11. The third kappa shape index (κ3) is 3.70. The molecule has 1 aliphatic heterocycles. The van der Waals surface area contributed by atoms with Gasteiger partial charge in [-0.3, -0.25) is 0 Å². The first-order valence-electron chi connectivity index (χ1n) is 5.82. The van der Waals surface area contributed by atoms with Crippen molar-refractivity contribution in [2.24, 2.45) is 0 Å². The molecule has 1 heterocycles. The molecular weight excluding hydrogens is 246 g/mol. The van der Waals surface area contributed by atoms with Crippen LogP contribution in [0, 0.1) is 12.3 Å². The van der Waals surface area contributed by atoms with Crippen molar-refractivity contribution in [2.45, 2.75) is 11.8 Å². The summed E-state index contributed by atoms with van der Waals surface area (Å²) < 4.78 is 0. The maximum atomic E-state index is 5.22. The van der Waals surface area contributed by atoms with Crippen LogP contribution in [0.5, 0.6) is 0 Å². The van der Waals surface area contributed by atoms with Gasteiger partial charge in [0.25, 0.3) is 0 Å². The van der Waals surface area contributed by atoms with Gasteiger partial charge in [-0.1, -0.05) is 30.2 Å². The zero-order chi connectivity index (χ0) is 11.9. The summed E-state index contributed by atoms with van der Waals surface area (Å²) >= 11 is 3.83. The molecule has 17 heavy (non-hydrogen) atoms. The van der Waals surface area contributed by atoms with Crippen molar-refractivity contribution >= 4 is 23.5 Å². The summed E-state index contributed by atoms with van der Waals surface area (Å²) in [5.74, 6) is 6.89. The van der Waals surface area contributed by atoms with Gasteiger partial charge in [-0.2, -0.15) is 11.8 Å². The molecule has 1 aromatic carbocycles. The van der Waals surface area contributed by atoms with E-state index in [2.05, 4.69) is 35.5 Å². The molecule has 0 amide bonds. The number of nitrogens with one attached hydrogen (secondary N) is 1. The summed E-state index contributed by atoms with van der Waals surface area (Å²) in [6.45, 7) is 1.03. The predicted molar refractivity (Wildman–Crippen MR) is 79.5 cm³/mol. The lowest BCUT2D eigenvalue weighted by Gasteiger charge is -2.26. The van der Waals surface area contributed by atoms with Crippen molar-refractivity contribution in [3.63, 3.8) is 0 Å². The Bertz CT molecular complexity index is 397. The quantitative estimate of drug-likeness (QED) is 0.648. The Morgan fingerprint density at radius 3 is 3.24 bits per heavy atom. The molecule has 1 aromatic rings. The van der Waals surface area contributed by atoms with E-state index in [1.165, 1.54) is 16.9 Å². The first-order chi connectivity index (χ1) is 8.42. The van der Waals surface area contributed by atoms with Gasteiger partial charge in [0.15, 0.2) is 0 Å². The van der Waals surface area contributed by atoms with Gasteiger partial charge in [0.2, 0.25) is 0 Å². The average molecular weight is 263 g/mol. The minimum absolute atomic E-state index is 0.511. The van der Waals surface area contributed by atoms with Crippen molar-refractivity contribution in [1.82, 2.24) is 5.32 Å². The number of hydrogen-bond acceptors (Lipinski definition) is 3. The van der Waals surface area contributed by atoms with Gasteiger partial charge in [-0.15, -0.1) is 18.2 Å². The van der Waals surface area contributed by atoms with Gasteiger partial charge >= 0.3 is 0 Å². The predicted octanol–water partition coefficient (Wildman–Crippen LogP) is 2.93. The lowest BCUT2D eigenvalue weighted by Crippen LogP contribution is -2.28. The van der Waals surface area contributed by atoms with E-state index < -0.39 is 0 Å². The van der Waals surface area contributed by atoms with E-state index in [0.717, 1.165) is 23.8 Å². The molecule has 1 unspecified atom stereocenters. The Morgan fingerprint density at radius 2 is 2.35 bits per heavy atom. The lowest BCUT2D eigenvalue weighted by atomic mass is 10.0. The third-order valence-electron chi connectivity index (χ3n) is 2.80. The van der Waals surface area contributed by atoms with Gasteiger partial charge in [0.1, 0.15) is 0 Å². The number of terminal acetylenes is 1. The number of benzene rings is 1. The zero-order valence-electron chi connectivity index (χ0n) is 9.82. The van der Waals surface area contributed by atoms with Gasteiger partial charge < -0.3 is 5.32 Å². The molecule has 2 rings (SSSR count). The second kappa shape index (κ2) is 7.00. The van der Waals surface area contributed by atoms with Crippen LogP contribution < -0.4 is 5.32 Å². The molecule has 0 bridgehead atoms. The Hall–Kier alpha value is -0.560. The fourth-order valence-electron chi connectivity index (χ4n) is 1.99. The molecule has 3 heteroatoms. The van der Waals surface area contributed by atoms with Crippen LogP contribution in [0.2, 0.25) is 0 Å². The van der Waals surface area contributed by atoms with E-state index in [1.54, 1.807) is 0 Å². The largest absolute Gasteiger partial charge is 0.308 e. The molecule has 1 nitrogen and oxygen atoms in total. The fraction of sp³-hybridized carbons (Fsp3) is 0.429. The monoisotopic (exact) mass is 263 g/mol. The number of thioether (sulfide) groups is 2. The summed E-state index contributed by atoms with van der Waals surface area (Å²) in [4.78, 5) is 0. The standard InChI is InChI=1S/C14H17NS2/c1-2-8-16-9-7-15-14-11-17-10-12-5-3-4-6-13(12)14/h1,3-6,14-15H,7-11H2. The molecular formula is C14H17NS2. The molecule has 0 aromatic heterocycles. The van der Waals surface area contributed by atoms with E-state index in [9.17, 15) is 0 Å². The van der Waals surface area contributed by atoms with Crippen LogP contribution in [-0.2, 0) is 5.75 Å². The van der Waals surface area contributed by atoms with Crippen LogP contribution in [0.1, 0.15) is 17.2 Å². The van der Waals surface area contributed by atoms with E-state index >= 15 is 0 Å². The third-order valence-corrected chi connectivity index (χ3v) is 4.74. The highest BCUT2D eigenvalue weighted by atomic mass is 32.2. The van der Waals surface area contributed by atoms with Crippen LogP contribution in [0.15, 0.2) is 24.3 Å². The lowest BCUT2D eigenvalue weighted by molar-refractivity contribution is 0.601. The number of hydrogen-bond donors (Lipinski definition) is 1. The van der Waals surface area contributed by atoms with Crippen LogP contribution >= 0.6 is 23.5 Å². The SMILES string of the molecule is C#CCSCCNC1CSCc2ccccc21. The van der Waals surface area contributed by atoms with Crippen molar-refractivity contribution in [1.29, 1.82) is 0 Å². The second-order valence-electron chi connectivity index (χ2n) is 3.98. The smallest absolute Gasteiger partial charge is 0.0545 e. The summed E-state index contributed by atoms with van der Waals surface area (Å²) in [6, 6.07) is 9.27. The summed E-state index contributed by atoms with van der Waals surface area (Å²) in [6.07, 6.45) is 5.22. The minimum atomic E-state index is 0.511. The maximum absolute atomic E-state index is 5.22. The highest BCUT2D eigenvalue weighted by Gasteiger charge is 2.18. The minimum Gasteiger partial charge on any atom is -0.308 e. The summed E-state index contributed by atoms with van der Waals surface area (Å²) in [5, 5.41) is 3.63. The molecule has 0 saturated carbocycles. The molecule has 0 saturated heterocycles. The van der Waals surface area contributed by atoms with Crippen molar-refractivity contribution in [3.05, 3.63) is 35.4 Å². The van der Waals surface area contributed by atoms with Crippen LogP contribution in [0.3, 0.4) is 0 Å². The van der Waals surface area contributed by atoms with Crippen LogP contribution in [-0.4, -0.2) is 23.8 Å². The van der Waals surface area contributed by atoms with Gasteiger partial charge in [-0.25, -0.2) is 0 Å². The zero-order valence-corrected chi connectivity index (χ0v) is 11.4. The Kier molecular flexibility index (Phi) is 5.31. The molecule has 0 aliphatic carbocycles. The van der Waals surface area contributed by atoms with Crippen molar-refractivity contribution < 1.29 is 0 Å². The molecule has 0 fully saturated rings. The summed E-state index contributed by atoms with van der Waals surface area (Å²) in [5.41, 5.74) is 2.96. The number of fused-ring (bicyclic) bond motifs is 1. The maximum Gasteiger partial charge on any atom is 0.0545 e. The van der Waals surface area contributed by atoms with E-state index in [-0.39, 0.29) is 0 Å². The van der Waals surface area contributed by atoms with Gasteiger partial charge in [0, 0.05) is 29.8 Å². The van der Waals surface area contributed by atoms with E-state index in [4.69, 9.17) is 6.42 Å². The Labute approximate surface area is 112 Å². The van der Waals surface area contributed by atoms with Crippen molar-refractivity contribution in [3.8, 4) is 12.3 Å². The average Bonchev–Trinajstić information content (AvgIpc) is 2.39. The molecule has 90 valence electrons. The van der Waals surface area contributed by atoms with Gasteiger partial charge in [0.05, 0.1) is 5.75 Å². The van der Waals surface area contributed by atoms with Gasteiger partial charge in [-0.05, 0) is 11.1 Å². The van der Waals surface area contributed by atoms with Crippen molar-refractivity contribution in [2.75, 3.05) is 23.8 Å². The highest BCUT2D eigenvalue weighted by molar-refractivity contribution is 7.99. The van der Waals surface area contributed by atoms with E-state index in [1.807, 2.05) is 23.5 Å². The van der Waals surface area contributed by atoms with Crippen LogP contribution in [0.4, 0.5) is 0 Å². The summed E-state index contributed by atoms with van der Waals surface area (Å²) in [7, 11) is 0. The Morgan fingerprint density at radius 1 is 1.47 bits per heavy atom. The molecule has 1 aliphatic rings.